The molecule has 0 bridgehead atoms. The Kier molecular flexibility index (Phi) is 9.28. The standard InChI is InChI=1S/C11H19BrO4/c1-3-15-10(13)8-6-5-7-9(12)11(14)16-4-2/h9H,3-8H2,1-2H3. The molecule has 0 fully saturated rings. The zero-order chi connectivity index (χ0) is 12.4. The van der Waals surface area contributed by atoms with Crippen LogP contribution < -0.4 is 0 Å². The number of ether oxygens (including phenoxy) is 2. The number of rotatable bonds is 8. The Morgan fingerprint density at radius 3 is 2.31 bits per heavy atom. The average Bonchev–Trinajstić information content (AvgIpc) is 2.24. The molecule has 94 valence electrons. The maximum Gasteiger partial charge on any atom is 0.319 e. The molecule has 0 N–H and O–H groups in total. The molecule has 0 aliphatic heterocycles. The molecule has 0 spiro atoms. The lowest BCUT2D eigenvalue weighted by molar-refractivity contribution is -0.143. The van der Waals surface area contributed by atoms with Gasteiger partial charge in [-0.2, -0.15) is 0 Å². The zero-order valence-corrected chi connectivity index (χ0v) is 11.4. The van der Waals surface area contributed by atoms with Gasteiger partial charge in [0.05, 0.1) is 13.2 Å². The van der Waals surface area contributed by atoms with Crippen LogP contribution in [0.1, 0.15) is 39.5 Å². The number of esters is 2. The number of halogens is 1. The van der Waals surface area contributed by atoms with E-state index in [2.05, 4.69) is 15.9 Å². The van der Waals surface area contributed by atoms with Crippen LogP contribution in [0.15, 0.2) is 0 Å². The van der Waals surface area contributed by atoms with Crippen LogP contribution in [-0.4, -0.2) is 30.0 Å². The number of hydrogen-bond donors (Lipinski definition) is 0. The molecule has 0 radical (unpaired) electrons. The first-order chi connectivity index (χ1) is 7.61. The van der Waals surface area contributed by atoms with E-state index >= 15 is 0 Å². The van der Waals surface area contributed by atoms with Crippen LogP contribution in [0.3, 0.4) is 0 Å². The van der Waals surface area contributed by atoms with Gasteiger partial charge in [-0.05, 0) is 26.7 Å². The highest BCUT2D eigenvalue weighted by atomic mass is 79.9. The minimum atomic E-state index is -0.269. The van der Waals surface area contributed by atoms with E-state index in [1.165, 1.54) is 0 Å². The molecular formula is C11H19BrO4. The molecule has 0 heterocycles. The lowest BCUT2D eigenvalue weighted by Gasteiger charge is -2.08. The normalized spacial score (nSPS) is 11.9. The van der Waals surface area contributed by atoms with Crippen molar-refractivity contribution in [1.29, 1.82) is 0 Å². The fraction of sp³-hybridized carbons (Fsp3) is 0.818. The summed E-state index contributed by atoms with van der Waals surface area (Å²) in [5.41, 5.74) is 0. The van der Waals surface area contributed by atoms with Crippen molar-refractivity contribution in [2.24, 2.45) is 0 Å². The van der Waals surface area contributed by atoms with Crippen molar-refractivity contribution in [3.8, 4) is 0 Å². The Morgan fingerprint density at radius 1 is 1.12 bits per heavy atom. The van der Waals surface area contributed by atoms with Crippen molar-refractivity contribution in [1.82, 2.24) is 0 Å². The Morgan fingerprint density at radius 2 is 1.75 bits per heavy atom. The molecule has 0 aromatic heterocycles. The summed E-state index contributed by atoms with van der Waals surface area (Å²) >= 11 is 3.25. The fourth-order valence-corrected chi connectivity index (χ4v) is 1.63. The maximum atomic E-state index is 11.2. The largest absolute Gasteiger partial charge is 0.466 e. The van der Waals surface area contributed by atoms with Crippen molar-refractivity contribution in [2.75, 3.05) is 13.2 Å². The minimum Gasteiger partial charge on any atom is -0.466 e. The van der Waals surface area contributed by atoms with E-state index in [1.807, 2.05) is 0 Å². The third-order valence-corrected chi connectivity index (χ3v) is 2.77. The molecule has 0 saturated carbocycles. The SMILES string of the molecule is CCOC(=O)CCCCC(Br)C(=O)OCC. The topological polar surface area (TPSA) is 52.6 Å². The molecule has 0 aromatic rings. The van der Waals surface area contributed by atoms with E-state index in [9.17, 15) is 9.59 Å². The summed E-state index contributed by atoms with van der Waals surface area (Å²) in [6, 6.07) is 0. The van der Waals surface area contributed by atoms with Crippen LogP contribution in [-0.2, 0) is 19.1 Å². The summed E-state index contributed by atoms with van der Waals surface area (Å²) in [6.45, 7) is 4.37. The van der Waals surface area contributed by atoms with E-state index < -0.39 is 0 Å². The van der Waals surface area contributed by atoms with E-state index in [4.69, 9.17) is 9.47 Å². The van der Waals surface area contributed by atoms with Crippen molar-refractivity contribution >= 4 is 27.9 Å². The van der Waals surface area contributed by atoms with Gasteiger partial charge in [-0.15, -0.1) is 0 Å². The molecule has 5 heteroatoms. The lowest BCUT2D eigenvalue weighted by atomic mass is 10.1. The predicted octanol–water partition coefficient (Wildman–Crippen LogP) is 2.44. The molecule has 16 heavy (non-hydrogen) atoms. The second-order valence-corrected chi connectivity index (χ2v) is 4.38. The van der Waals surface area contributed by atoms with Crippen molar-refractivity contribution in [2.45, 2.75) is 44.4 Å². The van der Waals surface area contributed by atoms with Gasteiger partial charge in [0.15, 0.2) is 0 Å². The molecule has 0 aromatic carbocycles. The van der Waals surface area contributed by atoms with E-state index in [0.29, 0.717) is 26.1 Å². The Balaban J connectivity index is 3.51. The highest BCUT2D eigenvalue weighted by Gasteiger charge is 2.15. The molecule has 0 aliphatic carbocycles. The van der Waals surface area contributed by atoms with Gasteiger partial charge >= 0.3 is 11.9 Å². The van der Waals surface area contributed by atoms with Crippen LogP contribution in [0, 0.1) is 0 Å². The molecular weight excluding hydrogens is 276 g/mol. The summed E-state index contributed by atoms with van der Waals surface area (Å²) < 4.78 is 9.64. The highest BCUT2D eigenvalue weighted by molar-refractivity contribution is 9.10. The Labute approximate surface area is 105 Å². The van der Waals surface area contributed by atoms with E-state index in [0.717, 1.165) is 12.8 Å². The Bertz CT molecular complexity index is 218. The summed E-state index contributed by atoms with van der Waals surface area (Å²) in [5, 5.41) is 0. The van der Waals surface area contributed by atoms with Gasteiger partial charge in [0.1, 0.15) is 4.83 Å². The third kappa shape index (κ3) is 7.68. The van der Waals surface area contributed by atoms with Crippen LogP contribution in [0.4, 0.5) is 0 Å². The summed E-state index contributed by atoms with van der Waals surface area (Å²) in [4.78, 5) is 21.9. The first-order valence-electron chi connectivity index (χ1n) is 5.58. The van der Waals surface area contributed by atoms with Crippen LogP contribution in [0.5, 0.6) is 0 Å². The number of alkyl halides is 1. The summed E-state index contributed by atoms with van der Waals surface area (Å²) in [7, 11) is 0. The van der Waals surface area contributed by atoms with Crippen LogP contribution in [0.25, 0.3) is 0 Å². The zero-order valence-electron chi connectivity index (χ0n) is 9.83. The summed E-state index contributed by atoms with van der Waals surface area (Å²) in [5.74, 6) is -0.414. The molecule has 0 amide bonds. The van der Waals surface area contributed by atoms with Gasteiger partial charge in [-0.25, -0.2) is 0 Å². The molecule has 1 atom stereocenters. The number of hydrogen-bond acceptors (Lipinski definition) is 4. The second-order valence-electron chi connectivity index (χ2n) is 3.27. The molecule has 0 rings (SSSR count). The Hall–Kier alpha value is -0.580. The van der Waals surface area contributed by atoms with Gasteiger partial charge in [0.25, 0.3) is 0 Å². The van der Waals surface area contributed by atoms with Gasteiger partial charge in [-0.3, -0.25) is 9.59 Å². The maximum absolute atomic E-state index is 11.2. The number of unbranched alkanes of at least 4 members (excludes halogenated alkanes) is 1. The van der Waals surface area contributed by atoms with Crippen molar-refractivity contribution < 1.29 is 19.1 Å². The molecule has 0 saturated heterocycles. The minimum absolute atomic E-state index is 0.176. The van der Waals surface area contributed by atoms with Gasteiger partial charge in [-0.1, -0.05) is 22.4 Å². The predicted molar refractivity (Wildman–Crippen MR) is 64.4 cm³/mol. The number of carbonyl (C=O) groups is 2. The second kappa shape index (κ2) is 9.63. The van der Waals surface area contributed by atoms with Crippen molar-refractivity contribution in [3.63, 3.8) is 0 Å². The smallest absolute Gasteiger partial charge is 0.319 e. The van der Waals surface area contributed by atoms with Crippen molar-refractivity contribution in [3.05, 3.63) is 0 Å². The molecule has 1 unspecified atom stereocenters. The third-order valence-electron chi connectivity index (χ3n) is 1.94. The van der Waals surface area contributed by atoms with Gasteiger partial charge < -0.3 is 9.47 Å². The van der Waals surface area contributed by atoms with E-state index in [1.54, 1.807) is 13.8 Å². The summed E-state index contributed by atoms with van der Waals surface area (Å²) in [6.07, 6.45) is 2.63. The monoisotopic (exact) mass is 294 g/mol. The fourth-order valence-electron chi connectivity index (χ4n) is 1.18. The van der Waals surface area contributed by atoms with Crippen LogP contribution >= 0.6 is 15.9 Å². The average molecular weight is 295 g/mol. The molecule has 4 nitrogen and oxygen atoms in total. The lowest BCUT2D eigenvalue weighted by Crippen LogP contribution is -2.17. The van der Waals surface area contributed by atoms with Gasteiger partial charge in [0, 0.05) is 6.42 Å². The van der Waals surface area contributed by atoms with Gasteiger partial charge in [0.2, 0.25) is 0 Å². The van der Waals surface area contributed by atoms with Crippen LogP contribution in [0.2, 0.25) is 0 Å². The first-order valence-corrected chi connectivity index (χ1v) is 6.49. The molecule has 0 aliphatic rings. The number of carbonyl (C=O) groups excluding carboxylic acids is 2. The van der Waals surface area contributed by atoms with E-state index in [-0.39, 0.29) is 16.8 Å². The highest BCUT2D eigenvalue weighted by Crippen LogP contribution is 2.13. The quantitative estimate of drug-likeness (QED) is 0.392. The first kappa shape index (κ1) is 15.4.